The highest BCUT2D eigenvalue weighted by Crippen LogP contribution is 2.22. The second kappa shape index (κ2) is 8.45. The number of unbranched alkanes of at least 4 members (excludes halogenated alkanes) is 3. The Morgan fingerprint density at radius 1 is 0.958 bits per heavy atom. The van der Waals surface area contributed by atoms with Crippen molar-refractivity contribution in [3.8, 4) is 11.7 Å². The third-order valence-corrected chi connectivity index (χ3v) is 4.01. The summed E-state index contributed by atoms with van der Waals surface area (Å²) < 4.78 is 10.3. The lowest BCUT2D eigenvalue weighted by Crippen LogP contribution is -2.00. The highest BCUT2D eigenvalue weighted by molar-refractivity contribution is 5.42. The molecule has 1 N–H and O–H groups in total. The maximum absolute atomic E-state index is 10.2. The fourth-order valence-electron chi connectivity index (χ4n) is 2.66. The van der Waals surface area contributed by atoms with Crippen molar-refractivity contribution in [3.05, 3.63) is 60.1 Å². The molecule has 1 aromatic carbocycles. The predicted molar refractivity (Wildman–Crippen MR) is 90.2 cm³/mol. The van der Waals surface area contributed by atoms with Crippen LogP contribution in [-0.2, 0) is 6.42 Å². The summed E-state index contributed by atoms with van der Waals surface area (Å²) in [4.78, 5) is 4.19. The average Bonchev–Trinajstić information content (AvgIpc) is 3.29. The third kappa shape index (κ3) is 4.55. The van der Waals surface area contributed by atoms with Crippen LogP contribution < -0.4 is 0 Å². The lowest BCUT2D eigenvalue weighted by atomic mass is 10.0. The van der Waals surface area contributed by atoms with E-state index in [-0.39, 0.29) is 0 Å². The zero-order chi connectivity index (χ0) is 16.6. The number of benzene rings is 1. The minimum Gasteiger partial charge on any atom is -0.459 e. The average molecular weight is 326 g/mol. The highest BCUT2D eigenvalue weighted by Gasteiger charge is 2.17. The van der Waals surface area contributed by atoms with Crippen LogP contribution in [0.25, 0.3) is 11.7 Å². The van der Waals surface area contributed by atoms with E-state index in [4.69, 9.17) is 8.94 Å². The molecule has 0 aliphatic rings. The molecular formula is C19H22N2O3. The molecule has 0 radical (unpaired) electrons. The molecule has 0 spiro atoms. The van der Waals surface area contributed by atoms with Crippen LogP contribution in [0.5, 0.6) is 0 Å². The summed E-state index contributed by atoms with van der Waals surface area (Å²) in [7, 11) is 0. The lowest BCUT2D eigenvalue weighted by Gasteiger charge is -2.05. The molecule has 24 heavy (non-hydrogen) atoms. The molecule has 0 saturated carbocycles. The van der Waals surface area contributed by atoms with Crippen LogP contribution in [0.1, 0.15) is 49.6 Å². The Balaban J connectivity index is 1.35. The molecule has 2 aromatic heterocycles. The smallest absolute Gasteiger partial charge is 0.293 e. The Morgan fingerprint density at radius 2 is 1.79 bits per heavy atom. The van der Waals surface area contributed by atoms with Gasteiger partial charge in [0, 0.05) is 0 Å². The minimum atomic E-state index is -0.688. The molecule has 0 aliphatic carbocycles. The van der Waals surface area contributed by atoms with Gasteiger partial charge >= 0.3 is 0 Å². The molecule has 5 nitrogen and oxygen atoms in total. The number of aromatic nitrogens is 2. The fourth-order valence-corrected chi connectivity index (χ4v) is 2.66. The summed E-state index contributed by atoms with van der Waals surface area (Å²) in [5, 5.41) is 14.0. The number of hydrogen-bond acceptors (Lipinski definition) is 5. The molecule has 3 aromatic rings. The van der Waals surface area contributed by atoms with Crippen LogP contribution in [-0.4, -0.2) is 15.2 Å². The summed E-state index contributed by atoms with van der Waals surface area (Å²) in [5.74, 6) is 1.14. The first-order valence-corrected chi connectivity index (χ1v) is 8.42. The summed E-state index contributed by atoms with van der Waals surface area (Å²) >= 11 is 0. The van der Waals surface area contributed by atoms with E-state index >= 15 is 0 Å². The van der Waals surface area contributed by atoms with Crippen molar-refractivity contribution in [2.24, 2.45) is 0 Å². The van der Waals surface area contributed by atoms with E-state index < -0.39 is 6.10 Å². The highest BCUT2D eigenvalue weighted by atomic mass is 16.5. The maximum atomic E-state index is 10.2. The summed E-state index contributed by atoms with van der Waals surface area (Å²) in [6, 6.07) is 14.0. The first-order valence-electron chi connectivity index (χ1n) is 8.42. The molecule has 1 atom stereocenters. The van der Waals surface area contributed by atoms with Crippen molar-refractivity contribution in [1.29, 1.82) is 0 Å². The van der Waals surface area contributed by atoms with E-state index in [9.17, 15) is 5.11 Å². The largest absolute Gasteiger partial charge is 0.459 e. The van der Waals surface area contributed by atoms with Gasteiger partial charge in [-0.1, -0.05) is 54.8 Å². The molecule has 0 aliphatic heterocycles. The third-order valence-electron chi connectivity index (χ3n) is 4.01. The van der Waals surface area contributed by atoms with Gasteiger partial charge in [-0.25, -0.2) is 0 Å². The molecule has 0 amide bonds. The quantitative estimate of drug-likeness (QED) is 0.584. The molecule has 0 fully saturated rings. The number of nitrogens with zero attached hydrogens (tertiary/aromatic N) is 2. The van der Waals surface area contributed by atoms with Gasteiger partial charge in [0.25, 0.3) is 5.89 Å². The monoisotopic (exact) mass is 326 g/mol. The molecular weight excluding hydrogens is 304 g/mol. The molecule has 0 bridgehead atoms. The zero-order valence-corrected chi connectivity index (χ0v) is 13.6. The molecule has 5 heteroatoms. The predicted octanol–water partition coefficient (Wildman–Crippen LogP) is 4.56. The van der Waals surface area contributed by atoms with Crippen molar-refractivity contribution >= 4 is 0 Å². The van der Waals surface area contributed by atoms with Gasteiger partial charge in [0.1, 0.15) is 6.10 Å². The van der Waals surface area contributed by atoms with Gasteiger partial charge in [0.2, 0.25) is 5.82 Å². The number of hydrogen-bond donors (Lipinski definition) is 1. The Morgan fingerprint density at radius 3 is 2.58 bits per heavy atom. The van der Waals surface area contributed by atoms with Gasteiger partial charge in [-0.05, 0) is 37.0 Å². The summed E-state index contributed by atoms with van der Waals surface area (Å²) in [5.41, 5.74) is 1.38. The molecule has 126 valence electrons. The van der Waals surface area contributed by atoms with Crippen molar-refractivity contribution in [2.75, 3.05) is 0 Å². The Bertz CT molecular complexity index is 707. The normalized spacial score (nSPS) is 12.4. The molecule has 0 saturated heterocycles. The minimum absolute atomic E-state index is 0.303. The van der Waals surface area contributed by atoms with Crippen molar-refractivity contribution in [1.82, 2.24) is 10.1 Å². The molecule has 2 heterocycles. The van der Waals surface area contributed by atoms with Gasteiger partial charge in [-0.3, -0.25) is 0 Å². The summed E-state index contributed by atoms with van der Waals surface area (Å²) in [6.07, 6.45) is 6.98. The Labute approximate surface area is 141 Å². The number of aryl methyl sites for hydroxylation is 1. The maximum Gasteiger partial charge on any atom is 0.293 e. The van der Waals surface area contributed by atoms with E-state index in [1.807, 2.05) is 6.07 Å². The first kappa shape index (κ1) is 16.5. The van der Waals surface area contributed by atoms with Gasteiger partial charge in [-0.15, -0.1) is 0 Å². The number of aliphatic hydroxyl groups excluding tert-OH is 1. The van der Waals surface area contributed by atoms with Crippen molar-refractivity contribution in [3.63, 3.8) is 0 Å². The van der Waals surface area contributed by atoms with Crippen LogP contribution in [0.2, 0.25) is 0 Å². The van der Waals surface area contributed by atoms with E-state index in [2.05, 4.69) is 34.4 Å². The van der Waals surface area contributed by atoms with Gasteiger partial charge in [0.15, 0.2) is 5.76 Å². The van der Waals surface area contributed by atoms with Crippen molar-refractivity contribution in [2.45, 2.75) is 44.6 Å². The van der Waals surface area contributed by atoms with E-state index in [1.54, 1.807) is 18.4 Å². The fraction of sp³-hybridized carbons (Fsp3) is 0.368. The van der Waals surface area contributed by atoms with E-state index in [0.717, 1.165) is 25.7 Å². The number of furan rings is 1. The van der Waals surface area contributed by atoms with Crippen molar-refractivity contribution < 1.29 is 14.0 Å². The summed E-state index contributed by atoms with van der Waals surface area (Å²) in [6.45, 7) is 0. The van der Waals surface area contributed by atoms with E-state index in [0.29, 0.717) is 23.9 Å². The first-order chi connectivity index (χ1) is 11.8. The van der Waals surface area contributed by atoms with Crippen LogP contribution in [0.3, 0.4) is 0 Å². The second-order valence-corrected chi connectivity index (χ2v) is 5.89. The topological polar surface area (TPSA) is 72.3 Å². The van der Waals surface area contributed by atoms with E-state index in [1.165, 1.54) is 12.0 Å². The van der Waals surface area contributed by atoms with Crippen LogP contribution >= 0.6 is 0 Å². The standard InChI is InChI=1S/C19H22N2O3/c22-16(18-20-19(24-21-18)17-13-8-14-23-17)12-7-2-1-4-9-15-10-5-3-6-11-15/h3,5-6,8,10-11,13-14,16,22H,1-2,4,7,9,12H2. The Hall–Kier alpha value is -2.40. The molecule has 3 rings (SSSR count). The van der Waals surface area contributed by atoms with Crippen LogP contribution in [0.15, 0.2) is 57.7 Å². The lowest BCUT2D eigenvalue weighted by molar-refractivity contribution is 0.150. The van der Waals surface area contributed by atoms with Gasteiger partial charge in [0.05, 0.1) is 6.26 Å². The molecule has 1 unspecified atom stereocenters. The van der Waals surface area contributed by atoms with Crippen LogP contribution in [0.4, 0.5) is 0 Å². The number of rotatable bonds is 9. The SMILES string of the molecule is OC(CCCCCCc1ccccc1)c1noc(-c2ccco2)n1. The van der Waals surface area contributed by atoms with Crippen LogP contribution in [0, 0.1) is 0 Å². The second-order valence-electron chi connectivity index (χ2n) is 5.89. The van der Waals surface area contributed by atoms with Gasteiger partial charge < -0.3 is 14.0 Å². The zero-order valence-electron chi connectivity index (χ0n) is 13.6. The van der Waals surface area contributed by atoms with Gasteiger partial charge in [-0.2, -0.15) is 4.98 Å². The number of aliphatic hydroxyl groups is 1. The Kier molecular flexibility index (Phi) is 5.80.